The summed E-state index contributed by atoms with van der Waals surface area (Å²) in [6, 6.07) is 2.06. The summed E-state index contributed by atoms with van der Waals surface area (Å²) in [4.78, 5) is 4.55. The summed E-state index contributed by atoms with van der Waals surface area (Å²) in [5.41, 5.74) is 0. The number of hydrogen-bond donors (Lipinski definition) is 0. The molecular formula is C11H20ClN3. The molecule has 0 amide bonds. The smallest absolute Gasteiger partial charge is 0.133 e. The highest BCUT2D eigenvalue weighted by Gasteiger charge is 2.18. The summed E-state index contributed by atoms with van der Waals surface area (Å²) >= 11 is 5.79. The summed E-state index contributed by atoms with van der Waals surface area (Å²) in [7, 11) is 4.22. The third-order valence-electron chi connectivity index (χ3n) is 3.02. The predicted octanol–water partition coefficient (Wildman–Crippen LogP) is 1.39. The summed E-state index contributed by atoms with van der Waals surface area (Å²) in [5, 5.41) is 8.24. The van der Waals surface area contributed by atoms with E-state index in [1.54, 1.807) is 0 Å². The maximum atomic E-state index is 8.61. The minimum atomic E-state index is -0.374. The Labute approximate surface area is 97.6 Å². The molecule has 86 valence electrons. The molecule has 1 aliphatic heterocycles. The van der Waals surface area contributed by atoms with E-state index in [0.29, 0.717) is 6.54 Å². The molecule has 1 fully saturated rings. The van der Waals surface area contributed by atoms with Gasteiger partial charge in [0.1, 0.15) is 5.38 Å². The van der Waals surface area contributed by atoms with E-state index >= 15 is 0 Å². The molecule has 3 nitrogen and oxygen atoms in total. The average molecular weight is 230 g/mol. The van der Waals surface area contributed by atoms with Crippen LogP contribution in [0, 0.1) is 17.2 Å². The molecule has 1 heterocycles. The standard InChI is InChI=1S/C11H20ClN3/c1-14-5-3-10(4-6-14)8-15(2)9-11(12)7-13/h10-11H,3-6,8-9H2,1-2H3. The van der Waals surface area contributed by atoms with Crippen LogP contribution in [0.2, 0.25) is 0 Å². The summed E-state index contributed by atoms with van der Waals surface area (Å²) in [5.74, 6) is 0.772. The second kappa shape index (κ2) is 6.32. The molecule has 4 heteroatoms. The summed E-state index contributed by atoms with van der Waals surface area (Å²) in [6.45, 7) is 4.13. The normalized spacial score (nSPS) is 21.5. The number of piperidine rings is 1. The largest absolute Gasteiger partial charge is 0.306 e. The van der Waals surface area contributed by atoms with Gasteiger partial charge in [0, 0.05) is 13.1 Å². The zero-order chi connectivity index (χ0) is 11.3. The third-order valence-corrected chi connectivity index (χ3v) is 3.26. The summed E-state index contributed by atoms with van der Waals surface area (Å²) in [6.07, 6.45) is 2.53. The number of likely N-dealkylation sites (tertiary alicyclic amines) is 1. The van der Waals surface area contributed by atoms with Gasteiger partial charge in [0.25, 0.3) is 0 Å². The van der Waals surface area contributed by atoms with Crippen LogP contribution in [0.1, 0.15) is 12.8 Å². The van der Waals surface area contributed by atoms with E-state index in [9.17, 15) is 0 Å². The molecule has 1 saturated heterocycles. The Morgan fingerprint density at radius 2 is 2.13 bits per heavy atom. The lowest BCUT2D eigenvalue weighted by Crippen LogP contribution is -2.37. The number of hydrogen-bond acceptors (Lipinski definition) is 3. The van der Waals surface area contributed by atoms with Crippen molar-refractivity contribution in [3.05, 3.63) is 0 Å². The Morgan fingerprint density at radius 3 is 2.67 bits per heavy atom. The van der Waals surface area contributed by atoms with Crippen molar-refractivity contribution >= 4 is 11.6 Å². The van der Waals surface area contributed by atoms with Crippen molar-refractivity contribution in [2.75, 3.05) is 40.3 Å². The molecule has 15 heavy (non-hydrogen) atoms. The lowest BCUT2D eigenvalue weighted by atomic mass is 9.97. The molecule has 1 aliphatic rings. The van der Waals surface area contributed by atoms with E-state index in [2.05, 4.69) is 22.9 Å². The van der Waals surface area contributed by atoms with Gasteiger partial charge in [-0.3, -0.25) is 0 Å². The molecule has 0 bridgehead atoms. The van der Waals surface area contributed by atoms with E-state index in [-0.39, 0.29) is 5.38 Å². The van der Waals surface area contributed by atoms with Crippen LogP contribution in [0.3, 0.4) is 0 Å². The highest BCUT2D eigenvalue weighted by molar-refractivity contribution is 6.22. The average Bonchev–Trinajstić information content (AvgIpc) is 2.21. The van der Waals surface area contributed by atoms with Gasteiger partial charge in [0.2, 0.25) is 0 Å². The molecule has 1 rings (SSSR count). The van der Waals surface area contributed by atoms with E-state index in [0.717, 1.165) is 12.5 Å². The van der Waals surface area contributed by atoms with Crippen LogP contribution < -0.4 is 0 Å². The van der Waals surface area contributed by atoms with Gasteiger partial charge in [-0.15, -0.1) is 11.6 Å². The van der Waals surface area contributed by atoms with Crippen LogP contribution in [0.5, 0.6) is 0 Å². The van der Waals surface area contributed by atoms with Gasteiger partial charge in [0.05, 0.1) is 6.07 Å². The van der Waals surface area contributed by atoms with Crippen LogP contribution in [0.15, 0.2) is 0 Å². The fourth-order valence-corrected chi connectivity index (χ4v) is 2.31. The van der Waals surface area contributed by atoms with Gasteiger partial charge in [-0.1, -0.05) is 0 Å². The minimum absolute atomic E-state index is 0.374. The fraction of sp³-hybridized carbons (Fsp3) is 0.909. The maximum Gasteiger partial charge on any atom is 0.133 e. The van der Waals surface area contributed by atoms with Crippen molar-refractivity contribution in [3.8, 4) is 6.07 Å². The van der Waals surface area contributed by atoms with Crippen LogP contribution >= 0.6 is 11.6 Å². The second-order valence-electron chi connectivity index (χ2n) is 4.56. The number of rotatable bonds is 4. The highest BCUT2D eigenvalue weighted by Crippen LogP contribution is 2.16. The third kappa shape index (κ3) is 4.83. The van der Waals surface area contributed by atoms with Crippen LogP contribution in [0.4, 0.5) is 0 Å². The Kier molecular flexibility index (Phi) is 5.38. The van der Waals surface area contributed by atoms with Gasteiger partial charge in [0.15, 0.2) is 0 Å². The zero-order valence-corrected chi connectivity index (χ0v) is 10.4. The Morgan fingerprint density at radius 1 is 1.53 bits per heavy atom. The number of nitriles is 1. The SMILES string of the molecule is CN1CCC(CN(C)CC(Cl)C#N)CC1. The monoisotopic (exact) mass is 229 g/mol. The van der Waals surface area contributed by atoms with Crippen molar-refractivity contribution in [1.29, 1.82) is 5.26 Å². The number of alkyl halides is 1. The van der Waals surface area contributed by atoms with Crippen LogP contribution in [-0.4, -0.2) is 55.5 Å². The fourth-order valence-electron chi connectivity index (χ4n) is 2.07. The first kappa shape index (κ1) is 12.8. The molecule has 1 atom stereocenters. The molecule has 0 aliphatic carbocycles. The lowest BCUT2D eigenvalue weighted by molar-refractivity contribution is 0.178. The van der Waals surface area contributed by atoms with E-state index in [4.69, 9.17) is 16.9 Å². The zero-order valence-electron chi connectivity index (χ0n) is 9.62. The molecule has 0 radical (unpaired) electrons. The first-order valence-electron chi connectivity index (χ1n) is 5.52. The molecule has 1 unspecified atom stereocenters. The predicted molar refractivity (Wildman–Crippen MR) is 63.0 cm³/mol. The lowest BCUT2D eigenvalue weighted by Gasteiger charge is -2.31. The number of halogens is 1. The molecule has 0 N–H and O–H groups in total. The Balaban J connectivity index is 2.21. The molecular weight excluding hydrogens is 210 g/mol. The van der Waals surface area contributed by atoms with Crippen LogP contribution in [-0.2, 0) is 0 Å². The van der Waals surface area contributed by atoms with Gasteiger partial charge < -0.3 is 9.80 Å². The number of nitrogens with zero attached hydrogens (tertiary/aromatic N) is 3. The van der Waals surface area contributed by atoms with Crippen molar-refractivity contribution in [2.45, 2.75) is 18.2 Å². The van der Waals surface area contributed by atoms with Crippen molar-refractivity contribution in [1.82, 2.24) is 9.80 Å². The van der Waals surface area contributed by atoms with E-state index < -0.39 is 0 Å². The van der Waals surface area contributed by atoms with Gasteiger partial charge in [-0.05, 0) is 45.9 Å². The topological polar surface area (TPSA) is 30.3 Å². The van der Waals surface area contributed by atoms with Crippen molar-refractivity contribution in [3.63, 3.8) is 0 Å². The molecule has 0 aromatic rings. The van der Waals surface area contributed by atoms with E-state index in [1.165, 1.54) is 25.9 Å². The quantitative estimate of drug-likeness (QED) is 0.683. The Bertz CT molecular complexity index is 218. The maximum absolute atomic E-state index is 8.61. The first-order chi connectivity index (χ1) is 7.11. The molecule has 0 aromatic heterocycles. The highest BCUT2D eigenvalue weighted by atomic mass is 35.5. The van der Waals surface area contributed by atoms with E-state index in [1.807, 2.05) is 7.05 Å². The minimum Gasteiger partial charge on any atom is -0.306 e. The molecule has 0 saturated carbocycles. The van der Waals surface area contributed by atoms with Crippen LogP contribution in [0.25, 0.3) is 0 Å². The van der Waals surface area contributed by atoms with Gasteiger partial charge in [-0.2, -0.15) is 5.26 Å². The van der Waals surface area contributed by atoms with Gasteiger partial charge >= 0.3 is 0 Å². The first-order valence-corrected chi connectivity index (χ1v) is 5.96. The molecule has 0 spiro atoms. The van der Waals surface area contributed by atoms with Crippen molar-refractivity contribution < 1.29 is 0 Å². The Hall–Kier alpha value is -0.300. The second-order valence-corrected chi connectivity index (χ2v) is 5.09. The summed E-state index contributed by atoms with van der Waals surface area (Å²) < 4.78 is 0. The van der Waals surface area contributed by atoms with Crippen molar-refractivity contribution in [2.24, 2.45) is 5.92 Å². The molecule has 0 aromatic carbocycles. The van der Waals surface area contributed by atoms with Gasteiger partial charge in [-0.25, -0.2) is 0 Å².